The summed E-state index contributed by atoms with van der Waals surface area (Å²) < 4.78 is 24.5. The van der Waals surface area contributed by atoms with E-state index in [-0.39, 0.29) is 10.6 Å². The zero-order chi connectivity index (χ0) is 15.9. The van der Waals surface area contributed by atoms with Gasteiger partial charge >= 0.3 is 5.97 Å². The Balaban J connectivity index is 3.05. The number of carbonyl (C=O) groups is 1. The van der Waals surface area contributed by atoms with Gasteiger partial charge in [-0.3, -0.25) is 0 Å². The molecular formula is C15H23NO4S. The van der Waals surface area contributed by atoms with Crippen molar-refractivity contribution in [1.29, 1.82) is 0 Å². The third-order valence-corrected chi connectivity index (χ3v) is 5.14. The molecule has 1 aromatic rings. The normalized spacial score (nSPS) is 12.9. The Bertz CT molecular complexity index is 569. The predicted molar refractivity (Wildman–Crippen MR) is 83.4 cm³/mol. The number of carboxylic acids is 1. The second-order valence-corrected chi connectivity index (χ2v) is 7.07. The molecule has 0 aliphatic heterocycles. The van der Waals surface area contributed by atoms with E-state index in [1.165, 1.54) is 6.07 Å². The number of anilines is 1. The lowest BCUT2D eigenvalue weighted by Gasteiger charge is -2.18. The Morgan fingerprint density at radius 3 is 2.48 bits per heavy atom. The second kappa shape index (κ2) is 8.02. The summed E-state index contributed by atoms with van der Waals surface area (Å²) in [6.45, 7) is 3.79. The van der Waals surface area contributed by atoms with Crippen molar-refractivity contribution in [1.82, 2.24) is 0 Å². The molecule has 0 spiro atoms. The van der Waals surface area contributed by atoms with E-state index < -0.39 is 21.8 Å². The van der Waals surface area contributed by atoms with Crippen LogP contribution in [0.25, 0.3) is 0 Å². The maximum Gasteiger partial charge on any atom is 0.326 e. The van der Waals surface area contributed by atoms with Crippen LogP contribution < -0.4 is 5.32 Å². The molecule has 6 heteroatoms. The molecule has 0 bridgehead atoms. The van der Waals surface area contributed by atoms with E-state index in [9.17, 15) is 18.3 Å². The molecule has 0 radical (unpaired) electrons. The van der Waals surface area contributed by atoms with Gasteiger partial charge in [-0.25, -0.2) is 13.2 Å². The van der Waals surface area contributed by atoms with Crippen LogP contribution in [0.3, 0.4) is 0 Å². The number of nitrogens with one attached hydrogen (secondary N) is 1. The fourth-order valence-corrected chi connectivity index (χ4v) is 3.59. The van der Waals surface area contributed by atoms with Crippen LogP contribution in [0.5, 0.6) is 0 Å². The summed E-state index contributed by atoms with van der Waals surface area (Å²) in [5.41, 5.74) is 0.370. The number of aliphatic carboxylic acids is 1. The minimum Gasteiger partial charge on any atom is -0.480 e. The molecule has 1 atom stereocenters. The van der Waals surface area contributed by atoms with E-state index in [0.29, 0.717) is 18.5 Å². The fraction of sp³-hybridized carbons (Fsp3) is 0.533. The Morgan fingerprint density at radius 2 is 1.90 bits per heavy atom. The number of para-hydroxylation sites is 1. The van der Waals surface area contributed by atoms with E-state index in [1.807, 2.05) is 6.92 Å². The highest BCUT2D eigenvalue weighted by Crippen LogP contribution is 2.24. The third kappa shape index (κ3) is 5.04. The number of carboxylic acid groups (broad SMARTS) is 1. The number of sulfone groups is 1. The molecule has 1 aromatic carbocycles. The molecule has 2 N–H and O–H groups in total. The standard InChI is InChI=1S/C15H23NO4S/c1-3-5-8-13(15(17)18)16-12-9-6-7-10-14(12)21(19,20)11-4-2/h6-7,9-10,13,16H,3-5,8,11H2,1-2H3,(H,17,18). The van der Waals surface area contributed by atoms with Crippen molar-refractivity contribution in [2.45, 2.75) is 50.5 Å². The van der Waals surface area contributed by atoms with Gasteiger partial charge in [0.1, 0.15) is 6.04 Å². The SMILES string of the molecule is CCCCC(Nc1ccccc1S(=O)(=O)CCC)C(=O)O. The largest absolute Gasteiger partial charge is 0.480 e. The smallest absolute Gasteiger partial charge is 0.326 e. The lowest BCUT2D eigenvalue weighted by atomic mass is 10.1. The second-order valence-electron chi connectivity index (χ2n) is 4.99. The maximum absolute atomic E-state index is 12.2. The molecule has 1 unspecified atom stereocenters. The van der Waals surface area contributed by atoms with E-state index in [4.69, 9.17) is 0 Å². The monoisotopic (exact) mass is 313 g/mol. The average molecular weight is 313 g/mol. The van der Waals surface area contributed by atoms with E-state index in [1.54, 1.807) is 25.1 Å². The molecule has 0 heterocycles. The van der Waals surface area contributed by atoms with Crippen molar-refractivity contribution in [2.24, 2.45) is 0 Å². The van der Waals surface area contributed by atoms with Crippen molar-refractivity contribution in [2.75, 3.05) is 11.1 Å². The van der Waals surface area contributed by atoms with Crippen LogP contribution in [0.4, 0.5) is 5.69 Å². The van der Waals surface area contributed by atoms with Crippen molar-refractivity contribution in [3.63, 3.8) is 0 Å². The number of rotatable bonds is 9. The van der Waals surface area contributed by atoms with Gasteiger partial charge in [-0.1, -0.05) is 38.8 Å². The first kappa shape index (κ1) is 17.5. The van der Waals surface area contributed by atoms with Crippen molar-refractivity contribution >= 4 is 21.5 Å². The molecule has 0 amide bonds. The predicted octanol–water partition coefficient (Wildman–Crippen LogP) is 2.93. The fourth-order valence-electron chi connectivity index (χ4n) is 2.09. The first-order valence-electron chi connectivity index (χ1n) is 7.23. The molecule has 21 heavy (non-hydrogen) atoms. The van der Waals surface area contributed by atoms with Gasteiger partial charge in [0.25, 0.3) is 0 Å². The zero-order valence-corrected chi connectivity index (χ0v) is 13.3. The Kier molecular flexibility index (Phi) is 6.68. The molecule has 0 aliphatic carbocycles. The molecule has 0 saturated carbocycles. The summed E-state index contributed by atoms with van der Waals surface area (Å²) in [6.07, 6.45) is 2.65. The summed E-state index contributed by atoms with van der Waals surface area (Å²) in [5.74, 6) is -0.913. The molecule has 1 rings (SSSR count). The van der Waals surface area contributed by atoms with E-state index in [2.05, 4.69) is 5.32 Å². The summed E-state index contributed by atoms with van der Waals surface area (Å²) in [6, 6.07) is 5.71. The molecular weight excluding hydrogens is 290 g/mol. The van der Waals surface area contributed by atoms with Crippen LogP contribution in [-0.4, -0.2) is 31.3 Å². The quantitative estimate of drug-likeness (QED) is 0.732. The van der Waals surface area contributed by atoms with Crippen LogP contribution in [0, 0.1) is 0 Å². The van der Waals surface area contributed by atoms with Crippen molar-refractivity contribution in [3.8, 4) is 0 Å². The van der Waals surface area contributed by atoms with Gasteiger partial charge in [0.15, 0.2) is 9.84 Å². The Hall–Kier alpha value is -1.56. The number of benzene rings is 1. The molecule has 5 nitrogen and oxygen atoms in total. The lowest BCUT2D eigenvalue weighted by molar-refractivity contribution is -0.138. The van der Waals surface area contributed by atoms with E-state index in [0.717, 1.165) is 12.8 Å². The number of hydrogen-bond donors (Lipinski definition) is 2. The highest BCUT2D eigenvalue weighted by molar-refractivity contribution is 7.91. The minimum atomic E-state index is -3.39. The minimum absolute atomic E-state index is 0.0540. The molecule has 0 aromatic heterocycles. The van der Waals surface area contributed by atoms with Gasteiger partial charge in [0.05, 0.1) is 16.3 Å². The summed E-state index contributed by atoms with van der Waals surface area (Å²) in [4.78, 5) is 11.5. The van der Waals surface area contributed by atoms with Crippen LogP contribution >= 0.6 is 0 Å². The van der Waals surface area contributed by atoms with Gasteiger partial charge in [-0.2, -0.15) is 0 Å². The summed E-state index contributed by atoms with van der Waals surface area (Å²) in [7, 11) is -3.39. The first-order valence-corrected chi connectivity index (χ1v) is 8.88. The van der Waals surface area contributed by atoms with Gasteiger partial charge in [-0.05, 0) is 25.0 Å². The molecule has 0 saturated heterocycles. The molecule has 0 fully saturated rings. The van der Waals surface area contributed by atoms with Crippen LogP contribution in [0.1, 0.15) is 39.5 Å². The van der Waals surface area contributed by atoms with Crippen LogP contribution in [0.2, 0.25) is 0 Å². The first-order chi connectivity index (χ1) is 9.92. The lowest BCUT2D eigenvalue weighted by Crippen LogP contribution is -2.30. The van der Waals surface area contributed by atoms with Crippen LogP contribution in [0.15, 0.2) is 29.2 Å². The number of unbranched alkanes of at least 4 members (excludes halogenated alkanes) is 1. The Labute approximate surface area is 126 Å². The topological polar surface area (TPSA) is 83.5 Å². The molecule has 0 aliphatic rings. The highest BCUT2D eigenvalue weighted by atomic mass is 32.2. The maximum atomic E-state index is 12.2. The van der Waals surface area contributed by atoms with E-state index >= 15 is 0 Å². The van der Waals surface area contributed by atoms with Crippen LogP contribution in [-0.2, 0) is 14.6 Å². The van der Waals surface area contributed by atoms with Gasteiger partial charge in [0.2, 0.25) is 0 Å². The molecule has 118 valence electrons. The summed E-state index contributed by atoms with van der Waals surface area (Å²) >= 11 is 0. The zero-order valence-electron chi connectivity index (χ0n) is 12.5. The third-order valence-electron chi connectivity index (χ3n) is 3.17. The van der Waals surface area contributed by atoms with Gasteiger partial charge < -0.3 is 10.4 Å². The van der Waals surface area contributed by atoms with Gasteiger partial charge in [-0.15, -0.1) is 0 Å². The highest BCUT2D eigenvalue weighted by Gasteiger charge is 2.22. The van der Waals surface area contributed by atoms with Gasteiger partial charge in [0, 0.05) is 0 Å². The average Bonchev–Trinajstić information content (AvgIpc) is 2.43. The van der Waals surface area contributed by atoms with Crippen molar-refractivity contribution in [3.05, 3.63) is 24.3 Å². The number of hydrogen-bond acceptors (Lipinski definition) is 4. The van der Waals surface area contributed by atoms with Crippen molar-refractivity contribution < 1.29 is 18.3 Å². The summed E-state index contributed by atoms with van der Waals surface area (Å²) in [5, 5.41) is 12.1. The Morgan fingerprint density at radius 1 is 1.24 bits per heavy atom.